The van der Waals surface area contributed by atoms with Gasteiger partial charge in [0.05, 0.1) is 6.10 Å². The smallest absolute Gasteiger partial charge is 0.356 e. The van der Waals surface area contributed by atoms with Gasteiger partial charge in [-0.3, -0.25) is 0 Å². The SMILES string of the molecule is CCOCOC1CCC(CCc2ccc(-c3ccc(C(F)(F)C(F)C(F)(F)F)cc3)cc2)CC1. The minimum Gasteiger partial charge on any atom is -0.356 e. The van der Waals surface area contributed by atoms with Gasteiger partial charge in [-0.15, -0.1) is 0 Å². The third-order valence-electron chi connectivity index (χ3n) is 6.39. The van der Waals surface area contributed by atoms with Crippen LogP contribution in [-0.4, -0.2) is 31.9 Å². The zero-order valence-corrected chi connectivity index (χ0v) is 19.1. The first kappa shape index (κ1) is 26.5. The largest absolute Gasteiger partial charge is 0.426 e. The van der Waals surface area contributed by atoms with Gasteiger partial charge in [0.2, 0.25) is 0 Å². The number of aryl methyl sites for hydroxylation is 1. The summed E-state index contributed by atoms with van der Waals surface area (Å²) in [5.41, 5.74) is 1.47. The lowest BCUT2D eigenvalue weighted by Crippen LogP contribution is -2.39. The highest BCUT2D eigenvalue weighted by Crippen LogP contribution is 2.42. The summed E-state index contributed by atoms with van der Waals surface area (Å²) in [7, 11) is 0. The highest BCUT2D eigenvalue weighted by atomic mass is 19.4. The number of ether oxygens (including phenoxy) is 2. The van der Waals surface area contributed by atoms with Crippen LogP contribution in [0.5, 0.6) is 0 Å². The first-order chi connectivity index (χ1) is 16.1. The maximum atomic E-state index is 13.9. The van der Waals surface area contributed by atoms with Crippen LogP contribution in [0.2, 0.25) is 0 Å². The molecule has 2 aromatic rings. The molecule has 2 nitrogen and oxygen atoms in total. The Bertz CT molecular complexity index is 872. The Morgan fingerprint density at radius 2 is 1.41 bits per heavy atom. The second-order valence-electron chi connectivity index (χ2n) is 8.76. The Labute approximate surface area is 196 Å². The molecular weight excluding hydrogens is 458 g/mol. The van der Waals surface area contributed by atoms with Crippen LogP contribution in [0, 0.1) is 5.92 Å². The molecule has 1 saturated carbocycles. The molecule has 188 valence electrons. The molecule has 34 heavy (non-hydrogen) atoms. The first-order valence-electron chi connectivity index (χ1n) is 11.6. The first-order valence-corrected chi connectivity index (χ1v) is 11.6. The quantitative estimate of drug-likeness (QED) is 0.193. The van der Waals surface area contributed by atoms with Crippen molar-refractivity contribution in [3.63, 3.8) is 0 Å². The van der Waals surface area contributed by atoms with E-state index in [1.807, 2.05) is 31.2 Å². The molecule has 0 radical (unpaired) electrons. The number of alkyl halides is 6. The van der Waals surface area contributed by atoms with Crippen molar-refractivity contribution in [1.29, 1.82) is 0 Å². The Morgan fingerprint density at radius 1 is 0.853 bits per heavy atom. The van der Waals surface area contributed by atoms with Crippen LogP contribution in [-0.2, 0) is 21.8 Å². The molecule has 0 heterocycles. The van der Waals surface area contributed by atoms with E-state index >= 15 is 0 Å². The van der Waals surface area contributed by atoms with Crippen LogP contribution in [0.15, 0.2) is 48.5 Å². The summed E-state index contributed by atoms with van der Waals surface area (Å²) >= 11 is 0. The van der Waals surface area contributed by atoms with Crippen molar-refractivity contribution in [2.45, 2.75) is 69.8 Å². The molecule has 1 unspecified atom stereocenters. The highest BCUT2D eigenvalue weighted by molar-refractivity contribution is 5.64. The van der Waals surface area contributed by atoms with Crippen molar-refractivity contribution in [2.24, 2.45) is 5.92 Å². The second-order valence-corrected chi connectivity index (χ2v) is 8.76. The number of hydrogen-bond donors (Lipinski definition) is 0. The zero-order chi connectivity index (χ0) is 24.8. The Hall–Kier alpha value is -2.06. The Balaban J connectivity index is 1.51. The average Bonchev–Trinajstić information content (AvgIpc) is 2.83. The van der Waals surface area contributed by atoms with Crippen molar-refractivity contribution in [2.75, 3.05) is 13.4 Å². The van der Waals surface area contributed by atoms with Gasteiger partial charge in [-0.1, -0.05) is 48.5 Å². The standard InChI is InChI=1S/C26H30F6O2/c1-2-33-17-34-23-15-7-19(8-16-23)4-3-18-5-9-20(10-6-18)21-11-13-22(14-12-21)25(28,29)24(27)26(30,31)32/h5-6,9-14,19,23-24H,2-4,7-8,15-17H2,1H3. The van der Waals surface area contributed by atoms with E-state index in [1.165, 1.54) is 12.1 Å². The van der Waals surface area contributed by atoms with Crippen LogP contribution >= 0.6 is 0 Å². The van der Waals surface area contributed by atoms with Gasteiger partial charge in [0, 0.05) is 12.2 Å². The third-order valence-corrected chi connectivity index (χ3v) is 6.39. The summed E-state index contributed by atoms with van der Waals surface area (Å²) in [5.74, 6) is -3.99. The Morgan fingerprint density at radius 3 is 1.94 bits per heavy atom. The molecule has 2 aromatic carbocycles. The van der Waals surface area contributed by atoms with E-state index in [2.05, 4.69) is 0 Å². The molecule has 0 spiro atoms. The van der Waals surface area contributed by atoms with Crippen LogP contribution in [0.1, 0.15) is 50.2 Å². The summed E-state index contributed by atoms with van der Waals surface area (Å²) in [6.45, 7) is 2.94. The fraction of sp³-hybridized carbons (Fsp3) is 0.538. The van der Waals surface area contributed by atoms with E-state index in [0.717, 1.165) is 61.8 Å². The van der Waals surface area contributed by atoms with Gasteiger partial charge in [0.25, 0.3) is 6.17 Å². The average molecular weight is 489 g/mol. The molecule has 0 saturated heterocycles. The van der Waals surface area contributed by atoms with Crippen molar-refractivity contribution in [3.05, 3.63) is 59.7 Å². The summed E-state index contributed by atoms with van der Waals surface area (Å²) in [4.78, 5) is 0. The number of rotatable bonds is 10. The fourth-order valence-corrected chi connectivity index (χ4v) is 4.29. The number of hydrogen-bond acceptors (Lipinski definition) is 2. The van der Waals surface area contributed by atoms with Crippen LogP contribution in [0.25, 0.3) is 11.1 Å². The summed E-state index contributed by atoms with van der Waals surface area (Å²) in [6, 6.07) is 11.9. The van der Waals surface area contributed by atoms with E-state index in [4.69, 9.17) is 9.47 Å². The van der Waals surface area contributed by atoms with Crippen molar-refractivity contribution in [3.8, 4) is 11.1 Å². The minimum absolute atomic E-state index is 0.276. The normalized spacial score (nSPS) is 20.3. The van der Waals surface area contributed by atoms with Gasteiger partial charge in [0.1, 0.15) is 6.79 Å². The second kappa shape index (κ2) is 11.6. The maximum absolute atomic E-state index is 13.9. The predicted molar refractivity (Wildman–Crippen MR) is 118 cm³/mol. The molecule has 0 aliphatic heterocycles. The van der Waals surface area contributed by atoms with Gasteiger partial charge < -0.3 is 9.47 Å². The number of benzene rings is 2. The van der Waals surface area contributed by atoms with Gasteiger partial charge in [-0.2, -0.15) is 22.0 Å². The lowest BCUT2D eigenvalue weighted by molar-refractivity contribution is -0.248. The van der Waals surface area contributed by atoms with Gasteiger partial charge in [-0.05, 0) is 68.1 Å². The summed E-state index contributed by atoms with van der Waals surface area (Å²) in [6.07, 6.45) is -3.27. The van der Waals surface area contributed by atoms with Crippen LogP contribution in [0.4, 0.5) is 26.3 Å². The van der Waals surface area contributed by atoms with Gasteiger partial charge in [0.15, 0.2) is 0 Å². The summed E-state index contributed by atoms with van der Waals surface area (Å²) < 4.78 is 89.1. The summed E-state index contributed by atoms with van der Waals surface area (Å²) in [5, 5.41) is 0. The molecule has 1 aliphatic carbocycles. The highest BCUT2D eigenvalue weighted by Gasteiger charge is 2.57. The van der Waals surface area contributed by atoms with Gasteiger partial charge in [-0.25, -0.2) is 4.39 Å². The third kappa shape index (κ3) is 6.98. The minimum atomic E-state index is -5.63. The molecule has 1 fully saturated rings. The monoisotopic (exact) mass is 488 g/mol. The van der Waals surface area contributed by atoms with E-state index in [-0.39, 0.29) is 6.10 Å². The predicted octanol–water partition coefficient (Wildman–Crippen LogP) is 7.85. The van der Waals surface area contributed by atoms with E-state index in [1.54, 1.807) is 0 Å². The van der Waals surface area contributed by atoms with Crippen molar-refractivity contribution in [1.82, 2.24) is 0 Å². The van der Waals surface area contributed by atoms with E-state index in [9.17, 15) is 26.3 Å². The lowest BCUT2D eigenvalue weighted by Gasteiger charge is -2.28. The molecular formula is C26H30F6O2. The topological polar surface area (TPSA) is 18.5 Å². The fourth-order valence-electron chi connectivity index (χ4n) is 4.29. The molecule has 1 atom stereocenters. The zero-order valence-electron chi connectivity index (χ0n) is 19.1. The van der Waals surface area contributed by atoms with Crippen molar-refractivity contribution >= 4 is 0 Å². The van der Waals surface area contributed by atoms with Crippen molar-refractivity contribution < 1.29 is 35.8 Å². The molecule has 3 rings (SSSR count). The molecule has 0 bridgehead atoms. The van der Waals surface area contributed by atoms with E-state index in [0.29, 0.717) is 24.9 Å². The molecule has 1 aliphatic rings. The maximum Gasteiger partial charge on any atom is 0.426 e. The Kier molecular flexibility index (Phi) is 9.04. The van der Waals surface area contributed by atoms with Gasteiger partial charge >= 0.3 is 12.1 Å². The molecule has 0 N–H and O–H groups in total. The van der Waals surface area contributed by atoms with E-state index < -0.39 is 23.8 Å². The number of halogens is 6. The lowest BCUT2D eigenvalue weighted by atomic mass is 9.83. The van der Waals surface area contributed by atoms with Crippen LogP contribution < -0.4 is 0 Å². The molecule has 0 amide bonds. The molecule has 0 aromatic heterocycles. The van der Waals surface area contributed by atoms with Crippen LogP contribution in [0.3, 0.4) is 0 Å². The molecule has 8 heteroatoms.